The number of aromatic nitrogens is 4. The summed E-state index contributed by atoms with van der Waals surface area (Å²) in [7, 11) is -1.41. The molecule has 8 heteroatoms. The van der Waals surface area contributed by atoms with Crippen LogP contribution in [0.4, 0.5) is 0 Å². The molecule has 2 atom stereocenters. The Morgan fingerprint density at radius 2 is 2.12 bits per heavy atom. The van der Waals surface area contributed by atoms with Gasteiger partial charge in [0, 0.05) is 36.8 Å². The van der Waals surface area contributed by atoms with Crippen LogP contribution in [0.1, 0.15) is 49.4 Å². The topological polar surface area (TPSA) is 75.2 Å². The molecule has 1 aliphatic rings. The molecule has 1 fully saturated rings. The van der Waals surface area contributed by atoms with Crippen LogP contribution in [0, 0.1) is 11.5 Å². The van der Waals surface area contributed by atoms with Gasteiger partial charge in [-0.25, -0.2) is 4.98 Å². The minimum absolute atomic E-state index is 0.160. The Bertz CT molecular complexity index is 1080. The molecule has 1 unspecified atom stereocenters. The van der Waals surface area contributed by atoms with E-state index < -0.39 is 8.07 Å². The normalized spacial score (nSPS) is 17.6. The molecule has 3 aromatic heterocycles. The molecule has 32 heavy (non-hydrogen) atoms. The highest BCUT2D eigenvalue weighted by atomic mass is 28.3. The predicted molar refractivity (Wildman–Crippen MR) is 124 cm³/mol. The number of hydrogen-bond donors (Lipinski definition) is 0. The molecule has 0 saturated carbocycles. The second kappa shape index (κ2) is 9.82. The first-order valence-electron chi connectivity index (χ1n) is 11.1. The minimum atomic E-state index is -1.41. The molecule has 3 aromatic rings. The Labute approximate surface area is 190 Å². The molecule has 1 saturated heterocycles. The monoisotopic (exact) mass is 450 g/mol. The van der Waals surface area contributed by atoms with Crippen LogP contribution >= 0.6 is 0 Å². The summed E-state index contributed by atoms with van der Waals surface area (Å²) in [4.78, 5) is 8.99. The summed E-state index contributed by atoms with van der Waals surface area (Å²) in [6.07, 6.45) is 8.31. The third kappa shape index (κ3) is 5.94. The highest BCUT2D eigenvalue weighted by Crippen LogP contribution is 2.24. The lowest BCUT2D eigenvalue weighted by molar-refractivity contribution is -0.188. The van der Waals surface area contributed by atoms with Crippen LogP contribution in [0.25, 0.3) is 11.5 Å². The van der Waals surface area contributed by atoms with Crippen LogP contribution in [-0.2, 0) is 16.0 Å². The van der Waals surface area contributed by atoms with E-state index in [0.29, 0.717) is 12.3 Å². The third-order valence-electron chi connectivity index (χ3n) is 5.09. The van der Waals surface area contributed by atoms with Crippen LogP contribution in [0.3, 0.4) is 0 Å². The third-order valence-corrected chi connectivity index (χ3v) is 5.97. The second-order valence-electron chi connectivity index (χ2n) is 9.10. The predicted octanol–water partition coefficient (Wildman–Crippen LogP) is 4.81. The van der Waals surface area contributed by atoms with Crippen LogP contribution in [0.2, 0.25) is 19.6 Å². The van der Waals surface area contributed by atoms with Crippen LogP contribution in [-0.4, -0.2) is 40.7 Å². The van der Waals surface area contributed by atoms with Gasteiger partial charge in [-0.15, -0.1) is 5.54 Å². The van der Waals surface area contributed by atoms with E-state index in [1.165, 1.54) is 0 Å². The highest BCUT2D eigenvalue weighted by Gasteiger charge is 2.21. The Morgan fingerprint density at radius 1 is 1.25 bits per heavy atom. The summed E-state index contributed by atoms with van der Waals surface area (Å²) in [6.45, 7) is 9.97. The Hall–Kier alpha value is -2.73. The van der Waals surface area contributed by atoms with E-state index in [1.807, 2.05) is 35.9 Å². The largest absolute Gasteiger partial charge is 0.354 e. The molecule has 0 aromatic carbocycles. The maximum atomic E-state index is 6.07. The Morgan fingerprint density at radius 3 is 2.84 bits per heavy atom. The van der Waals surface area contributed by atoms with Gasteiger partial charge in [0.25, 0.3) is 0 Å². The fourth-order valence-corrected chi connectivity index (χ4v) is 3.99. The number of nitrogens with zero attached hydrogens (tertiary/aromatic N) is 4. The molecule has 0 amide bonds. The number of hydrogen-bond acceptors (Lipinski definition) is 6. The lowest BCUT2D eigenvalue weighted by Crippen LogP contribution is -2.24. The van der Waals surface area contributed by atoms with Crippen molar-refractivity contribution in [3.05, 3.63) is 53.9 Å². The molecule has 0 radical (unpaired) electrons. The first-order chi connectivity index (χ1) is 15.4. The minimum Gasteiger partial charge on any atom is -0.354 e. The Balaban J connectivity index is 1.42. The van der Waals surface area contributed by atoms with Gasteiger partial charge in [0.2, 0.25) is 0 Å². The fraction of sp³-hybridized carbons (Fsp3) is 0.458. The molecule has 0 aliphatic carbocycles. The summed E-state index contributed by atoms with van der Waals surface area (Å²) >= 11 is 0. The van der Waals surface area contributed by atoms with Crippen molar-refractivity contribution in [3.63, 3.8) is 0 Å². The quantitative estimate of drug-likeness (QED) is 0.396. The summed E-state index contributed by atoms with van der Waals surface area (Å²) < 4.78 is 19.3. The van der Waals surface area contributed by atoms with Crippen molar-refractivity contribution in [2.24, 2.45) is 0 Å². The van der Waals surface area contributed by atoms with E-state index >= 15 is 0 Å². The molecule has 7 nitrogen and oxygen atoms in total. The van der Waals surface area contributed by atoms with E-state index in [1.54, 1.807) is 12.4 Å². The molecule has 4 heterocycles. The van der Waals surface area contributed by atoms with E-state index in [4.69, 9.17) is 14.0 Å². The number of ether oxygens (including phenoxy) is 2. The van der Waals surface area contributed by atoms with Gasteiger partial charge in [-0.05, 0) is 38.3 Å². The number of pyridine rings is 1. The fourth-order valence-electron chi connectivity index (χ4n) is 3.47. The van der Waals surface area contributed by atoms with Gasteiger partial charge in [0.05, 0.1) is 6.54 Å². The SMILES string of the molecule is C[C@H](OC1CCCCO1)c1nccn1Cc1cc(-c2ccc(C#C[Si](C)(C)C)cn2)on1. The van der Waals surface area contributed by atoms with Gasteiger partial charge in [0.15, 0.2) is 12.1 Å². The lowest BCUT2D eigenvalue weighted by Gasteiger charge is -2.26. The maximum Gasteiger partial charge on any atom is 0.185 e. The van der Waals surface area contributed by atoms with Gasteiger partial charge in [-0.2, -0.15) is 0 Å². The number of imidazole rings is 1. The molecular formula is C24H30N4O3Si. The van der Waals surface area contributed by atoms with Crippen LogP contribution < -0.4 is 0 Å². The molecular weight excluding hydrogens is 420 g/mol. The zero-order valence-corrected chi connectivity index (χ0v) is 20.2. The van der Waals surface area contributed by atoms with Crippen molar-refractivity contribution in [3.8, 4) is 22.9 Å². The highest BCUT2D eigenvalue weighted by molar-refractivity contribution is 6.83. The first-order valence-corrected chi connectivity index (χ1v) is 14.6. The number of rotatable bonds is 6. The van der Waals surface area contributed by atoms with Gasteiger partial charge in [-0.1, -0.05) is 30.7 Å². The lowest BCUT2D eigenvalue weighted by atomic mass is 10.2. The van der Waals surface area contributed by atoms with Crippen molar-refractivity contribution in [1.82, 2.24) is 19.7 Å². The smallest absolute Gasteiger partial charge is 0.185 e. The Kier molecular flexibility index (Phi) is 6.89. The molecule has 0 N–H and O–H groups in total. The van der Waals surface area contributed by atoms with Crippen molar-refractivity contribution in [2.45, 2.75) is 64.8 Å². The average molecular weight is 451 g/mol. The maximum absolute atomic E-state index is 6.07. The van der Waals surface area contributed by atoms with E-state index in [9.17, 15) is 0 Å². The average Bonchev–Trinajstić information content (AvgIpc) is 3.43. The standard InChI is InChI=1S/C24H30N4O3Si/c1-18(30-23-7-5-6-13-29-23)24-25-11-12-28(24)17-20-15-22(31-27-20)21-9-8-19(16-26-21)10-14-32(2,3)4/h8-9,11-12,15-16,18,23H,5-7,13,17H2,1-4H3/t18-,23?/m0/s1. The molecule has 0 bridgehead atoms. The van der Waals surface area contributed by atoms with Gasteiger partial charge < -0.3 is 18.6 Å². The van der Waals surface area contributed by atoms with E-state index in [-0.39, 0.29) is 12.4 Å². The van der Waals surface area contributed by atoms with Crippen molar-refractivity contribution >= 4 is 8.07 Å². The van der Waals surface area contributed by atoms with Crippen molar-refractivity contribution in [1.29, 1.82) is 0 Å². The van der Waals surface area contributed by atoms with Gasteiger partial charge in [0.1, 0.15) is 31.4 Å². The molecule has 168 valence electrons. The first kappa shape index (κ1) is 22.5. The van der Waals surface area contributed by atoms with Crippen molar-refractivity contribution in [2.75, 3.05) is 6.61 Å². The van der Waals surface area contributed by atoms with Crippen molar-refractivity contribution < 1.29 is 14.0 Å². The van der Waals surface area contributed by atoms with E-state index in [2.05, 4.69) is 46.2 Å². The summed E-state index contributed by atoms with van der Waals surface area (Å²) in [5.41, 5.74) is 5.80. The van der Waals surface area contributed by atoms with Crippen LogP contribution in [0.15, 0.2) is 41.3 Å². The molecule has 1 aliphatic heterocycles. The summed E-state index contributed by atoms with van der Waals surface area (Å²) in [5, 5.41) is 4.22. The van der Waals surface area contributed by atoms with Crippen LogP contribution in [0.5, 0.6) is 0 Å². The second-order valence-corrected chi connectivity index (χ2v) is 13.9. The van der Waals surface area contributed by atoms with Gasteiger partial charge in [-0.3, -0.25) is 4.98 Å². The summed E-state index contributed by atoms with van der Waals surface area (Å²) in [6, 6.07) is 5.80. The molecule has 0 spiro atoms. The van der Waals surface area contributed by atoms with E-state index in [0.717, 1.165) is 48.6 Å². The zero-order chi connectivity index (χ0) is 22.6. The summed E-state index contributed by atoms with van der Waals surface area (Å²) in [5.74, 6) is 4.69. The van der Waals surface area contributed by atoms with Gasteiger partial charge >= 0.3 is 0 Å². The zero-order valence-electron chi connectivity index (χ0n) is 19.2. The molecule has 4 rings (SSSR count).